The second-order valence-corrected chi connectivity index (χ2v) is 5.30. The molecular formula is C11H19NO3. The third kappa shape index (κ3) is 1.43. The number of aliphatic hydroxyl groups excluding tert-OH is 1. The van der Waals surface area contributed by atoms with Crippen LogP contribution in [-0.2, 0) is 9.47 Å². The maximum absolute atomic E-state index is 10.2. The number of ether oxygens (including phenoxy) is 2. The Morgan fingerprint density at radius 2 is 2.13 bits per heavy atom. The van der Waals surface area contributed by atoms with E-state index in [-0.39, 0.29) is 18.2 Å². The van der Waals surface area contributed by atoms with Gasteiger partial charge in [0.2, 0.25) is 0 Å². The Balaban J connectivity index is 1.83. The molecule has 4 heteroatoms. The number of nitrogens with zero attached hydrogens (tertiary/aromatic N) is 1. The van der Waals surface area contributed by atoms with Crippen molar-refractivity contribution in [3.63, 3.8) is 0 Å². The van der Waals surface area contributed by atoms with Gasteiger partial charge in [-0.1, -0.05) is 0 Å². The van der Waals surface area contributed by atoms with Crippen LogP contribution in [0, 0.1) is 0 Å². The molecule has 3 fully saturated rings. The first-order valence-corrected chi connectivity index (χ1v) is 5.84. The van der Waals surface area contributed by atoms with Crippen LogP contribution in [0.25, 0.3) is 0 Å². The summed E-state index contributed by atoms with van der Waals surface area (Å²) in [5, 5.41) is 10.2. The summed E-state index contributed by atoms with van der Waals surface area (Å²) in [5.41, 5.74) is 0. The van der Waals surface area contributed by atoms with Crippen molar-refractivity contribution in [1.82, 2.24) is 4.90 Å². The highest BCUT2D eigenvalue weighted by atomic mass is 16.7. The average Bonchev–Trinajstić information content (AvgIpc) is 2.70. The summed E-state index contributed by atoms with van der Waals surface area (Å²) in [6.07, 6.45) is 1.89. The monoisotopic (exact) mass is 213 g/mol. The van der Waals surface area contributed by atoms with E-state index in [0.29, 0.717) is 12.6 Å². The van der Waals surface area contributed by atoms with Crippen molar-refractivity contribution in [2.45, 2.75) is 56.8 Å². The fraction of sp³-hybridized carbons (Fsp3) is 1.00. The van der Waals surface area contributed by atoms with Gasteiger partial charge in [-0.2, -0.15) is 0 Å². The molecule has 0 aromatic carbocycles. The first-order chi connectivity index (χ1) is 7.08. The maximum Gasteiger partial charge on any atom is 0.163 e. The van der Waals surface area contributed by atoms with Crippen LogP contribution < -0.4 is 0 Å². The number of fused-ring (bicyclic) bond motifs is 3. The molecule has 86 valence electrons. The minimum Gasteiger partial charge on any atom is -0.389 e. The molecule has 0 unspecified atom stereocenters. The van der Waals surface area contributed by atoms with E-state index in [4.69, 9.17) is 9.47 Å². The Kier molecular flexibility index (Phi) is 2.12. The molecule has 3 heterocycles. The summed E-state index contributed by atoms with van der Waals surface area (Å²) in [6.45, 7) is 5.60. The van der Waals surface area contributed by atoms with Gasteiger partial charge in [0, 0.05) is 6.04 Å². The van der Waals surface area contributed by atoms with Crippen LogP contribution in [0.4, 0.5) is 0 Å². The predicted octanol–water partition coefficient (Wildman–Crippen LogP) is 0.345. The third-order valence-corrected chi connectivity index (χ3v) is 3.90. The van der Waals surface area contributed by atoms with E-state index in [1.54, 1.807) is 0 Å². The third-order valence-electron chi connectivity index (χ3n) is 3.90. The van der Waals surface area contributed by atoms with Crippen molar-refractivity contribution >= 4 is 0 Å². The fourth-order valence-corrected chi connectivity index (χ4v) is 3.22. The molecule has 3 saturated heterocycles. The van der Waals surface area contributed by atoms with Crippen molar-refractivity contribution in [1.29, 1.82) is 0 Å². The topological polar surface area (TPSA) is 41.9 Å². The zero-order valence-corrected chi connectivity index (χ0v) is 9.35. The maximum atomic E-state index is 10.2. The van der Waals surface area contributed by atoms with E-state index < -0.39 is 5.79 Å². The molecule has 0 bridgehead atoms. The Labute approximate surface area is 90.2 Å². The summed E-state index contributed by atoms with van der Waals surface area (Å²) in [5.74, 6) is -0.540. The summed E-state index contributed by atoms with van der Waals surface area (Å²) in [7, 11) is 0. The van der Waals surface area contributed by atoms with Gasteiger partial charge in [0.25, 0.3) is 0 Å². The Morgan fingerprint density at radius 3 is 2.93 bits per heavy atom. The van der Waals surface area contributed by atoms with Gasteiger partial charge in [0.1, 0.15) is 6.10 Å². The number of hydrogen-bond donors (Lipinski definition) is 1. The quantitative estimate of drug-likeness (QED) is 0.630. The molecule has 15 heavy (non-hydrogen) atoms. The van der Waals surface area contributed by atoms with E-state index in [1.807, 2.05) is 13.8 Å². The van der Waals surface area contributed by atoms with Crippen LogP contribution >= 0.6 is 0 Å². The lowest BCUT2D eigenvalue weighted by Gasteiger charge is -2.40. The molecule has 0 saturated carbocycles. The second-order valence-electron chi connectivity index (χ2n) is 5.30. The van der Waals surface area contributed by atoms with Crippen LogP contribution in [-0.4, -0.2) is 53.2 Å². The van der Waals surface area contributed by atoms with E-state index in [9.17, 15) is 5.11 Å². The van der Waals surface area contributed by atoms with Crippen molar-refractivity contribution in [3.05, 3.63) is 0 Å². The van der Waals surface area contributed by atoms with Gasteiger partial charge in [-0.05, 0) is 33.2 Å². The summed E-state index contributed by atoms with van der Waals surface area (Å²) in [4.78, 5) is 2.37. The molecular weight excluding hydrogens is 194 g/mol. The van der Waals surface area contributed by atoms with Crippen LogP contribution in [0.3, 0.4) is 0 Å². The molecule has 1 N–H and O–H groups in total. The first-order valence-electron chi connectivity index (χ1n) is 5.84. The molecule has 0 spiro atoms. The molecule has 0 amide bonds. The molecule has 3 aliphatic heterocycles. The normalized spacial score (nSPS) is 49.0. The largest absolute Gasteiger partial charge is 0.389 e. The van der Waals surface area contributed by atoms with E-state index in [1.165, 1.54) is 6.42 Å². The highest BCUT2D eigenvalue weighted by Crippen LogP contribution is 2.39. The van der Waals surface area contributed by atoms with Gasteiger partial charge in [0.05, 0.1) is 18.8 Å². The highest BCUT2D eigenvalue weighted by molar-refractivity contribution is 5.06. The zero-order valence-electron chi connectivity index (χ0n) is 9.35. The van der Waals surface area contributed by atoms with Crippen molar-refractivity contribution in [2.24, 2.45) is 0 Å². The summed E-state index contributed by atoms with van der Waals surface area (Å²) in [6, 6.07) is 0.568. The summed E-state index contributed by atoms with van der Waals surface area (Å²) < 4.78 is 11.5. The lowest BCUT2D eigenvalue weighted by atomic mass is 10.0. The minimum absolute atomic E-state index is 0.0564. The van der Waals surface area contributed by atoms with Crippen LogP contribution in [0.15, 0.2) is 0 Å². The van der Waals surface area contributed by atoms with E-state index in [2.05, 4.69) is 4.90 Å². The van der Waals surface area contributed by atoms with Gasteiger partial charge < -0.3 is 14.6 Å². The van der Waals surface area contributed by atoms with Crippen LogP contribution in [0.5, 0.6) is 0 Å². The van der Waals surface area contributed by atoms with Crippen molar-refractivity contribution in [3.8, 4) is 0 Å². The molecule has 0 radical (unpaired) electrons. The molecule has 3 aliphatic rings. The fourth-order valence-electron chi connectivity index (χ4n) is 3.22. The highest BCUT2D eigenvalue weighted by Gasteiger charge is 2.54. The SMILES string of the molecule is CC1(C)OC[C@@H]2[C@H](O1)[C@H](O)[C@@H]1CCCN21. The second kappa shape index (κ2) is 3.17. The Morgan fingerprint density at radius 1 is 1.33 bits per heavy atom. The molecule has 0 aliphatic carbocycles. The predicted molar refractivity (Wildman–Crippen MR) is 54.4 cm³/mol. The average molecular weight is 213 g/mol. The van der Waals surface area contributed by atoms with Gasteiger partial charge in [0.15, 0.2) is 5.79 Å². The van der Waals surface area contributed by atoms with Gasteiger partial charge >= 0.3 is 0 Å². The summed E-state index contributed by atoms with van der Waals surface area (Å²) >= 11 is 0. The molecule has 0 aromatic rings. The molecule has 4 atom stereocenters. The van der Waals surface area contributed by atoms with Crippen LogP contribution in [0.1, 0.15) is 26.7 Å². The minimum atomic E-state index is -0.540. The Hall–Kier alpha value is -0.160. The van der Waals surface area contributed by atoms with Gasteiger partial charge in [-0.15, -0.1) is 0 Å². The molecule has 0 aromatic heterocycles. The smallest absolute Gasteiger partial charge is 0.163 e. The van der Waals surface area contributed by atoms with E-state index >= 15 is 0 Å². The van der Waals surface area contributed by atoms with Crippen molar-refractivity contribution < 1.29 is 14.6 Å². The van der Waals surface area contributed by atoms with Gasteiger partial charge in [-0.25, -0.2) is 0 Å². The van der Waals surface area contributed by atoms with Crippen molar-refractivity contribution in [2.75, 3.05) is 13.2 Å². The lowest BCUT2D eigenvalue weighted by Crippen LogP contribution is -2.52. The van der Waals surface area contributed by atoms with Crippen LogP contribution in [0.2, 0.25) is 0 Å². The first kappa shape index (κ1) is 10.0. The number of aliphatic hydroxyl groups is 1. The number of hydrogen-bond acceptors (Lipinski definition) is 4. The molecule has 3 rings (SSSR count). The number of rotatable bonds is 0. The Bertz CT molecular complexity index is 269. The molecule has 4 nitrogen and oxygen atoms in total. The standard InChI is InChI=1S/C11H19NO3/c1-11(2)14-6-8-10(15-11)9(13)7-4-3-5-12(7)8/h7-10,13H,3-6H2,1-2H3/t7-,8+,9+,10-/m0/s1. The lowest BCUT2D eigenvalue weighted by molar-refractivity contribution is -0.292. The zero-order chi connectivity index (χ0) is 10.6. The van der Waals surface area contributed by atoms with Gasteiger partial charge in [-0.3, -0.25) is 4.90 Å². The van der Waals surface area contributed by atoms with E-state index in [0.717, 1.165) is 13.0 Å².